The van der Waals surface area contributed by atoms with E-state index in [1.165, 1.54) is 6.92 Å². The maximum atomic E-state index is 13.1. The Morgan fingerprint density at radius 2 is 1.49 bits per heavy atom. The van der Waals surface area contributed by atoms with Crippen molar-refractivity contribution < 1.29 is 39.3 Å². The minimum absolute atomic E-state index is 0.00610. The van der Waals surface area contributed by atoms with Gasteiger partial charge in [0.1, 0.15) is 18.1 Å². The summed E-state index contributed by atoms with van der Waals surface area (Å²) in [5, 5.41) is 35.6. The maximum Gasteiger partial charge on any atom is 0.326 e. The first-order valence-corrected chi connectivity index (χ1v) is 12.0. The van der Waals surface area contributed by atoms with Crippen LogP contribution in [-0.2, 0) is 30.4 Å². The number of aliphatic carboxylic acids is 2. The van der Waals surface area contributed by atoms with Crippen LogP contribution >= 0.6 is 0 Å². The van der Waals surface area contributed by atoms with Crippen LogP contribution in [0.15, 0.2) is 30.3 Å². The molecule has 3 amide bonds. The summed E-state index contributed by atoms with van der Waals surface area (Å²) < 4.78 is 0. The van der Waals surface area contributed by atoms with Gasteiger partial charge in [0.25, 0.3) is 0 Å². The molecule has 13 nitrogen and oxygen atoms in total. The van der Waals surface area contributed by atoms with Crippen molar-refractivity contribution in [2.75, 3.05) is 6.54 Å². The fraction of sp³-hybridized carbons (Fsp3) is 0.542. The molecule has 1 rings (SSSR count). The molecule has 1 aromatic carbocycles. The van der Waals surface area contributed by atoms with Crippen LogP contribution in [0.3, 0.4) is 0 Å². The summed E-state index contributed by atoms with van der Waals surface area (Å²) in [6.07, 6.45) is -0.739. The SMILES string of the molecule is CC(O)C(NC(=O)C(N)CCC(=O)O)C(=O)NC(Cc1ccccc1)C(=O)NC(CCCCN)C(=O)O. The highest BCUT2D eigenvalue weighted by molar-refractivity contribution is 5.94. The third-order valence-electron chi connectivity index (χ3n) is 5.55. The van der Waals surface area contributed by atoms with E-state index in [0.717, 1.165) is 0 Å². The smallest absolute Gasteiger partial charge is 0.326 e. The Labute approximate surface area is 215 Å². The van der Waals surface area contributed by atoms with E-state index in [1.54, 1.807) is 30.3 Å². The van der Waals surface area contributed by atoms with Gasteiger partial charge in [-0.25, -0.2) is 4.79 Å². The Morgan fingerprint density at radius 1 is 0.865 bits per heavy atom. The van der Waals surface area contributed by atoms with Crippen LogP contribution in [0.1, 0.15) is 44.6 Å². The van der Waals surface area contributed by atoms with Gasteiger partial charge in [-0.3, -0.25) is 19.2 Å². The number of carboxylic acid groups (broad SMARTS) is 2. The highest BCUT2D eigenvalue weighted by Gasteiger charge is 2.32. The van der Waals surface area contributed by atoms with Crippen LogP contribution in [-0.4, -0.2) is 81.8 Å². The van der Waals surface area contributed by atoms with Crippen molar-refractivity contribution in [2.45, 2.75) is 75.7 Å². The molecule has 0 aliphatic rings. The number of aliphatic hydroxyl groups excluding tert-OH is 1. The summed E-state index contributed by atoms with van der Waals surface area (Å²) in [7, 11) is 0. The number of hydrogen-bond donors (Lipinski definition) is 8. The first-order valence-electron chi connectivity index (χ1n) is 12.0. The van der Waals surface area contributed by atoms with Crippen molar-refractivity contribution in [3.05, 3.63) is 35.9 Å². The van der Waals surface area contributed by atoms with Crippen molar-refractivity contribution in [1.29, 1.82) is 0 Å². The lowest BCUT2D eigenvalue weighted by Crippen LogP contribution is -2.60. The van der Waals surface area contributed by atoms with Crippen LogP contribution in [0.4, 0.5) is 0 Å². The zero-order valence-electron chi connectivity index (χ0n) is 20.8. The molecule has 0 aliphatic heterocycles. The van der Waals surface area contributed by atoms with Crippen molar-refractivity contribution >= 4 is 29.7 Å². The molecule has 0 fully saturated rings. The number of rotatable bonds is 17. The fourth-order valence-corrected chi connectivity index (χ4v) is 3.42. The molecule has 0 saturated heterocycles. The second-order valence-electron chi connectivity index (χ2n) is 8.70. The molecule has 13 heteroatoms. The van der Waals surface area contributed by atoms with E-state index in [1.807, 2.05) is 0 Å². The Morgan fingerprint density at radius 3 is 2.03 bits per heavy atom. The first-order chi connectivity index (χ1) is 17.5. The van der Waals surface area contributed by atoms with Gasteiger partial charge >= 0.3 is 11.9 Å². The Kier molecular flexibility index (Phi) is 13.8. The van der Waals surface area contributed by atoms with Gasteiger partial charge < -0.3 is 42.7 Å². The molecule has 0 spiro atoms. The maximum absolute atomic E-state index is 13.1. The zero-order valence-corrected chi connectivity index (χ0v) is 20.8. The summed E-state index contributed by atoms with van der Waals surface area (Å²) in [6.45, 7) is 1.62. The van der Waals surface area contributed by atoms with E-state index >= 15 is 0 Å². The van der Waals surface area contributed by atoms with Crippen LogP contribution in [0.2, 0.25) is 0 Å². The van der Waals surface area contributed by atoms with E-state index in [-0.39, 0.29) is 25.7 Å². The van der Waals surface area contributed by atoms with E-state index in [2.05, 4.69) is 16.0 Å². The molecule has 37 heavy (non-hydrogen) atoms. The molecular weight excluding hydrogens is 486 g/mol. The zero-order chi connectivity index (χ0) is 28.0. The van der Waals surface area contributed by atoms with E-state index in [9.17, 15) is 34.2 Å². The molecule has 206 valence electrons. The highest BCUT2D eigenvalue weighted by atomic mass is 16.4. The number of nitrogens with two attached hydrogens (primary N) is 2. The number of aliphatic hydroxyl groups is 1. The molecular formula is C24H37N5O8. The van der Waals surface area contributed by atoms with E-state index in [0.29, 0.717) is 24.9 Å². The lowest BCUT2D eigenvalue weighted by atomic mass is 10.0. The molecule has 0 heterocycles. The molecule has 10 N–H and O–H groups in total. The molecule has 0 bridgehead atoms. The lowest BCUT2D eigenvalue weighted by Gasteiger charge is -2.26. The normalized spacial score (nSPS) is 14.9. The molecule has 0 saturated carbocycles. The standard InChI is InChI=1S/C24H37N5O8/c1-14(30)20(29-21(33)16(26)10-11-19(31)32)23(35)28-18(13-15-7-3-2-4-8-15)22(34)27-17(24(36)37)9-5-6-12-25/h2-4,7-8,14,16-18,20,30H,5-6,9-13,25-26H2,1H3,(H,27,34)(H,28,35)(H,29,33)(H,31,32)(H,36,37). The monoisotopic (exact) mass is 523 g/mol. The molecule has 5 unspecified atom stereocenters. The van der Waals surface area contributed by atoms with Gasteiger partial charge in [0.2, 0.25) is 17.7 Å². The molecule has 0 aromatic heterocycles. The average molecular weight is 524 g/mol. The van der Waals surface area contributed by atoms with Crippen molar-refractivity contribution in [3.63, 3.8) is 0 Å². The van der Waals surface area contributed by atoms with Gasteiger partial charge in [-0.2, -0.15) is 0 Å². The average Bonchev–Trinajstić information content (AvgIpc) is 2.84. The number of benzene rings is 1. The number of amides is 3. The second-order valence-corrected chi connectivity index (χ2v) is 8.70. The van der Waals surface area contributed by atoms with Crippen molar-refractivity contribution in [2.24, 2.45) is 11.5 Å². The van der Waals surface area contributed by atoms with E-state index in [4.69, 9.17) is 16.6 Å². The summed E-state index contributed by atoms with van der Waals surface area (Å²) >= 11 is 0. The topological polar surface area (TPSA) is 234 Å². The number of carbonyl (C=O) groups is 5. The predicted octanol–water partition coefficient (Wildman–Crippen LogP) is -1.53. The van der Waals surface area contributed by atoms with E-state index < -0.39 is 59.9 Å². The second kappa shape index (κ2) is 16.2. The first kappa shape index (κ1) is 31.5. The summed E-state index contributed by atoms with van der Waals surface area (Å²) in [4.78, 5) is 60.8. The van der Waals surface area contributed by atoms with Gasteiger partial charge in [-0.15, -0.1) is 0 Å². The summed E-state index contributed by atoms with van der Waals surface area (Å²) in [5.41, 5.74) is 11.8. The number of carbonyl (C=O) groups excluding carboxylic acids is 3. The van der Waals surface area contributed by atoms with Crippen LogP contribution in [0.25, 0.3) is 0 Å². The third-order valence-corrected chi connectivity index (χ3v) is 5.55. The third kappa shape index (κ3) is 11.8. The van der Waals surface area contributed by atoms with Gasteiger partial charge in [0.15, 0.2) is 0 Å². The van der Waals surface area contributed by atoms with Gasteiger partial charge in [0, 0.05) is 12.8 Å². The Balaban J connectivity index is 3.03. The van der Waals surface area contributed by atoms with Gasteiger partial charge in [-0.1, -0.05) is 30.3 Å². The summed E-state index contributed by atoms with van der Waals surface area (Å²) in [6, 6.07) is 3.50. The minimum atomic E-state index is -1.51. The van der Waals surface area contributed by atoms with Crippen LogP contribution in [0.5, 0.6) is 0 Å². The van der Waals surface area contributed by atoms with Gasteiger partial charge in [-0.05, 0) is 44.7 Å². The van der Waals surface area contributed by atoms with Crippen molar-refractivity contribution in [1.82, 2.24) is 16.0 Å². The quantitative estimate of drug-likeness (QED) is 0.110. The van der Waals surface area contributed by atoms with Crippen LogP contribution < -0.4 is 27.4 Å². The minimum Gasteiger partial charge on any atom is -0.481 e. The number of unbranched alkanes of at least 4 members (excludes halogenated alkanes) is 1. The van der Waals surface area contributed by atoms with Crippen LogP contribution in [0, 0.1) is 0 Å². The summed E-state index contributed by atoms with van der Waals surface area (Å²) in [5.74, 6) is -4.89. The number of nitrogens with one attached hydrogen (secondary N) is 3. The predicted molar refractivity (Wildman–Crippen MR) is 133 cm³/mol. The van der Waals surface area contributed by atoms with Gasteiger partial charge in [0.05, 0.1) is 12.1 Å². The Bertz CT molecular complexity index is 912. The molecule has 1 aromatic rings. The number of carboxylic acids is 2. The largest absolute Gasteiger partial charge is 0.481 e. The lowest BCUT2D eigenvalue weighted by molar-refractivity contribution is -0.142. The Hall–Kier alpha value is -3.55. The molecule has 0 aliphatic carbocycles. The number of hydrogen-bond acceptors (Lipinski definition) is 8. The van der Waals surface area contributed by atoms with Crippen molar-refractivity contribution in [3.8, 4) is 0 Å². The highest BCUT2D eigenvalue weighted by Crippen LogP contribution is 2.08. The molecule has 0 radical (unpaired) electrons. The molecule has 5 atom stereocenters. The fourth-order valence-electron chi connectivity index (χ4n) is 3.42.